The van der Waals surface area contributed by atoms with E-state index >= 15 is 0 Å². The maximum Gasteiger partial charge on any atom is 0.254 e. The minimum Gasteiger partial charge on any atom is -0.378 e. The number of morpholine rings is 1. The summed E-state index contributed by atoms with van der Waals surface area (Å²) >= 11 is 0. The Morgan fingerprint density at radius 1 is 1.03 bits per heavy atom. The maximum atomic E-state index is 12.7. The molecule has 1 amide bonds. The fourth-order valence-corrected chi connectivity index (χ4v) is 4.09. The lowest BCUT2D eigenvalue weighted by Crippen LogP contribution is -2.40. The lowest BCUT2D eigenvalue weighted by atomic mass is 9.90. The SMILES string of the molecule is CCCC(Cc1cncc(-c2ccc(C(=O)N3CCOCC3)cc2)n1)c1ccccc1. The van der Waals surface area contributed by atoms with Crippen molar-refractivity contribution < 1.29 is 9.53 Å². The molecule has 1 fully saturated rings. The third-order valence-electron chi connectivity index (χ3n) is 5.77. The van der Waals surface area contributed by atoms with E-state index in [1.807, 2.05) is 35.4 Å². The summed E-state index contributed by atoms with van der Waals surface area (Å²) in [4.78, 5) is 23.8. The molecule has 2 aromatic carbocycles. The lowest BCUT2D eigenvalue weighted by Gasteiger charge is -2.26. The van der Waals surface area contributed by atoms with Gasteiger partial charge in [-0.1, -0.05) is 55.8 Å². The van der Waals surface area contributed by atoms with E-state index in [2.05, 4.69) is 42.2 Å². The highest BCUT2D eigenvalue weighted by molar-refractivity contribution is 5.94. The zero-order chi connectivity index (χ0) is 21.5. The van der Waals surface area contributed by atoms with Crippen molar-refractivity contribution in [3.63, 3.8) is 0 Å². The molecule has 0 N–H and O–H groups in total. The van der Waals surface area contributed by atoms with Crippen molar-refractivity contribution in [3.8, 4) is 11.3 Å². The fourth-order valence-electron chi connectivity index (χ4n) is 4.09. The van der Waals surface area contributed by atoms with Gasteiger partial charge in [-0.2, -0.15) is 0 Å². The molecule has 0 radical (unpaired) electrons. The number of nitrogens with zero attached hydrogens (tertiary/aromatic N) is 3. The number of ether oxygens (including phenoxy) is 1. The Balaban J connectivity index is 1.49. The molecule has 31 heavy (non-hydrogen) atoms. The molecule has 5 heteroatoms. The van der Waals surface area contributed by atoms with Gasteiger partial charge in [0.25, 0.3) is 5.91 Å². The Hall–Kier alpha value is -3.05. The third kappa shape index (κ3) is 5.36. The van der Waals surface area contributed by atoms with Crippen molar-refractivity contribution in [1.82, 2.24) is 14.9 Å². The highest BCUT2D eigenvalue weighted by atomic mass is 16.5. The molecule has 1 saturated heterocycles. The van der Waals surface area contributed by atoms with Crippen molar-refractivity contribution in [1.29, 1.82) is 0 Å². The summed E-state index contributed by atoms with van der Waals surface area (Å²) in [5.74, 6) is 0.490. The number of rotatable bonds is 7. The molecule has 0 aliphatic carbocycles. The monoisotopic (exact) mass is 415 g/mol. The Bertz CT molecular complexity index is 983. The average Bonchev–Trinajstić information content (AvgIpc) is 2.85. The summed E-state index contributed by atoms with van der Waals surface area (Å²) in [6, 6.07) is 18.3. The Morgan fingerprint density at radius 3 is 2.48 bits per heavy atom. The van der Waals surface area contributed by atoms with Gasteiger partial charge >= 0.3 is 0 Å². The van der Waals surface area contributed by atoms with Gasteiger partial charge < -0.3 is 9.64 Å². The third-order valence-corrected chi connectivity index (χ3v) is 5.77. The number of carbonyl (C=O) groups is 1. The fraction of sp³-hybridized carbons (Fsp3) is 0.346. The van der Waals surface area contributed by atoms with Crippen LogP contribution >= 0.6 is 0 Å². The van der Waals surface area contributed by atoms with Crippen LogP contribution in [-0.2, 0) is 11.2 Å². The summed E-state index contributed by atoms with van der Waals surface area (Å²) < 4.78 is 5.34. The van der Waals surface area contributed by atoms with Gasteiger partial charge in [0.15, 0.2) is 0 Å². The Labute approximate surface area is 184 Å². The van der Waals surface area contributed by atoms with E-state index in [0.717, 1.165) is 36.2 Å². The molecule has 1 unspecified atom stereocenters. The number of amides is 1. The van der Waals surface area contributed by atoms with Crippen LogP contribution in [0.4, 0.5) is 0 Å². The average molecular weight is 416 g/mol. The van der Waals surface area contributed by atoms with E-state index in [4.69, 9.17) is 9.72 Å². The van der Waals surface area contributed by atoms with E-state index < -0.39 is 0 Å². The molecule has 4 rings (SSSR count). The van der Waals surface area contributed by atoms with Crippen LogP contribution in [0.25, 0.3) is 11.3 Å². The van der Waals surface area contributed by atoms with Gasteiger partial charge in [0.1, 0.15) is 0 Å². The topological polar surface area (TPSA) is 55.3 Å². The summed E-state index contributed by atoms with van der Waals surface area (Å²) in [5.41, 5.74) is 4.85. The van der Waals surface area contributed by atoms with E-state index in [9.17, 15) is 4.79 Å². The molecule has 160 valence electrons. The maximum absolute atomic E-state index is 12.7. The van der Waals surface area contributed by atoms with Gasteiger partial charge in [0, 0.05) is 30.4 Å². The van der Waals surface area contributed by atoms with Crippen LogP contribution in [-0.4, -0.2) is 47.1 Å². The minimum atomic E-state index is 0.0555. The normalized spacial score (nSPS) is 14.9. The van der Waals surface area contributed by atoms with Gasteiger partial charge in [0.05, 0.1) is 30.8 Å². The summed E-state index contributed by atoms with van der Waals surface area (Å²) in [7, 11) is 0. The highest BCUT2D eigenvalue weighted by Crippen LogP contribution is 2.26. The quantitative estimate of drug-likeness (QED) is 0.559. The van der Waals surface area contributed by atoms with E-state index in [0.29, 0.717) is 37.8 Å². The van der Waals surface area contributed by atoms with Gasteiger partial charge in [-0.3, -0.25) is 9.78 Å². The highest BCUT2D eigenvalue weighted by Gasteiger charge is 2.18. The van der Waals surface area contributed by atoms with Crippen molar-refractivity contribution in [2.45, 2.75) is 32.1 Å². The first-order valence-electron chi connectivity index (χ1n) is 11.1. The second-order valence-electron chi connectivity index (χ2n) is 7.98. The van der Waals surface area contributed by atoms with Crippen molar-refractivity contribution in [2.24, 2.45) is 0 Å². The largest absolute Gasteiger partial charge is 0.378 e. The van der Waals surface area contributed by atoms with Crippen LogP contribution in [0.5, 0.6) is 0 Å². The number of hydrogen-bond acceptors (Lipinski definition) is 4. The lowest BCUT2D eigenvalue weighted by molar-refractivity contribution is 0.0303. The molecule has 0 bridgehead atoms. The predicted molar refractivity (Wildman–Crippen MR) is 122 cm³/mol. The molecule has 5 nitrogen and oxygen atoms in total. The van der Waals surface area contributed by atoms with E-state index in [-0.39, 0.29) is 5.91 Å². The zero-order valence-corrected chi connectivity index (χ0v) is 18.0. The first-order valence-corrected chi connectivity index (χ1v) is 11.1. The van der Waals surface area contributed by atoms with Crippen molar-refractivity contribution in [2.75, 3.05) is 26.3 Å². The van der Waals surface area contributed by atoms with E-state index in [1.165, 1.54) is 5.56 Å². The van der Waals surface area contributed by atoms with Gasteiger partial charge in [-0.15, -0.1) is 0 Å². The van der Waals surface area contributed by atoms with Crippen molar-refractivity contribution in [3.05, 3.63) is 83.8 Å². The molecule has 3 aromatic rings. The van der Waals surface area contributed by atoms with Gasteiger partial charge in [-0.05, 0) is 36.5 Å². The standard InChI is InChI=1S/C26H29N3O2/c1-2-6-23(20-7-4-3-5-8-20)17-24-18-27-19-25(28-24)21-9-11-22(12-10-21)26(30)29-13-15-31-16-14-29/h3-5,7-12,18-19,23H,2,6,13-17H2,1H3. The van der Waals surface area contributed by atoms with Crippen LogP contribution < -0.4 is 0 Å². The predicted octanol–water partition coefficient (Wildman–Crippen LogP) is 4.74. The molecule has 0 spiro atoms. The molecule has 0 saturated carbocycles. The Morgan fingerprint density at radius 2 is 1.77 bits per heavy atom. The minimum absolute atomic E-state index is 0.0555. The number of benzene rings is 2. The van der Waals surface area contributed by atoms with Crippen LogP contribution in [0, 0.1) is 0 Å². The molecular formula is C26H29N3O2. The summed E-state index contributed by atoms with van der Waals surface area (Å²) in [6.07, 6.45) is 6.77. The van der Waals surface area contributed by atoms with Crippen molar-refractivity contribution >= 4 is 5.91 Å². The number of carbonyl (C=O) groups excluding carboxylic acids is 1. The first-order chi connectivity index (χ1) is 15.2. The first kappa shape index (κ1) is 21.2. The van der Waals surface area contributed by atoms with Crippen LogP contribution in [0.1, 0.15) is 47.3 Å². The molecular weight excluding hydrogens is 386 g/mol. The number of aromatic nitrogens is 2. The second-order valence-corrected chi connectivity index (χ2v) is 7.98. The summed E-state index contributed by atoms with van der Waals surface area (Å²) in [5, 5.41) is 0. The van der Waals surface area contributed by atoms with Gasteiger partial charge in [-0.25, -0.2) is 4.98 Å². The van der Waals surface area contributed by atoms with Crippen LogP contribution in [0.2, 0.25) is 0 Å². The summed E-state index contributed by atoms with van der Waals surface area (Å²) in [6.45, 7) is 4.73. The Kier molecular flexibility index (Phi) is 7.05. The van der Waals surface area contributed by atoms with Crippen LogP contribution in [0.3, 0.4) is 0 Å². The van der Waals surface area contributed by atoms with Gasteiger partial charge in [0.2, 0.25) is 0 Å². The molecule has 1 aliphatic heterocycles. The number of hydrogen-bond donors (Lipinski definition) is 0. The van der Waals surface area contributed by atoms with Crippen LogP contribution in [0.15, 0.2) is 67.0 Å². The molecule has 2 heterocycles. The zero-order valence-electron chi connectivity index (χ0n) is 18.0. The smallest absolute Gasteiger partial charge is 0.254 e. The molecule has 1 aliphatic rings. The molecule has 1 atom stereocenters. The second kappa shape index (κ2) is 10.3. The van der Waals surface area contributed by atoms with E-state index in [1.54, 1.807) is 6.20 Å². The molecule has 1 aromatic heterocycles.